The molecule has 1 N–H and O–H groups in total. The molecule has 2 aromatic rings. The van der Waals surface area contributed by atoms with Crippen LogP contribution in [0.2, 0.25) is 0 Å². The van der Waals surface area contributed by atoms with Gasteiger partial charge >= 0.3 is 0 Å². The van der Waals surface area contributed by atoms with Gasteiger partial charge in [0.05, 0.1) is 11.3 Å². The number of aryl methyl sites for hydroxylation is 1. The summed E-state index contributed by atoms with van der Waals surface area (Å²) in [5.74, 6) is 0.922. The molecule has 3 rings (SSSR count). The Hall–Kier alpha value is -1.94. The second-order valence-electron chi connectivity index (χ2n) is 7.24. The van der Waals surface area contributed by atoms with E-state index in [9.17, 15) is 4.79 Å². The number of benzene rings is 2. The first-order chi connectivity index (χ1) is 11.8. The van der Waals surface area contributed by atoms with E-state index in [1.165, 1.54) is 5.56 Å². The van der Waals surface area contributed by atoms with Crippen LogP contribution in [-0.4, -0.2) is 16.8 Å². The van der Waals surface area contributed by atoms with Gasteiger partial charge in [0.1, 0.15) is 11.4 Å². The van der Waals surface area contributed by atoms with Crippen molar-refractivity contribution in [2.45, 2.75) is 55.9 Å². The van der Waals surface area contributed by atoms with Crippen molar-refractivity contribution in [2.75, 3.05) is 0 Å². The Morgan fingerprint density at radius 2 is 1.88 bits per heavy atom. The molecule has 0 spiro atoms. The third kappa shape index (κ3) is 4.37. The number of ether oxygens (including phenoxy) is 1. The summed E-state index contributed by atoms with van der Waals surface area (Å²) in [5.41, 5.74) is 1.99. The summed E-state index contributed by atoms with van der Waals surface area (Å²) in [5, 5.41) is 3.07. The Morgan fingerprint density at radius 3 is 2.60 bits per heavy atom. The molecule has 1 heterocycles. The number of hydrogen-bond donors (Lipinski definition) is 1. The molecule has 25 heavy (non-hydrogen) atoms. The molecule has 0 fully saturated rings. The van der Waals surface area contributed by atoms with Gasteiger partial charge in [0.2, 0.25) is 5.91 Å². The van der Waals surface area contributed by atoms with Crippen LogP contribution in [0.15, 0.2) is 53.4 Å². The molecule has 132 valence electrons. The van der Waals surface area contributed by atoms with Crippen LogP contribution in [0, 0.1) is 6.92 Å². The largest absolute Gasteiger partial charge is 0.487 e. The molecular formula is C21H25NO2S. The maximum absolute atomic E-state index is 12.7. The van der Waals surface area contributed by atoms with Gasteiger partial charge in [0.25, 0.3) is 0 Å². The minimum absolute atomic E-state index is 0.0199. The quantitative estimate of drug-likeness (QED) is 0.793. The molecule has 0 aliphatic carbocycles. The van der Waals surface area contributed by atoms with Crippen molar-refractivity contribution in [3.8, 4) is 5.75 Å². The Balaban J connectivity index is 1.70. The highest BCUT2D eigenvalue weighted by Gasteiger charge is 2.34. The number of hydrogen-bond acceptors (Lipinski definition) is 3. The molecule has 0 bridgehead atoms. The van der Waals surface area contributed by atoms with Gasteiger partial charge in [-0.1, -0.05) is 35.9 Å². The maximum atomic E-state index is 12.7. The lowest BCUT2D eigenvalue weighted by atomic mass is 9.89. The van der Waals surface area contributed by atoms with Gasteiger partial charge in [0, 0.05) is 16.9 Å². The highest BCUT2D eigenvalue weighted by Crippen LogP contribution is 2.39. The van der Waals surface area contributed by atoms with E-state index in [1.54, 1.807) is 11.8 Å². The number of rotatable bonds is 4. The van der Waals surface area contributed by atoms with Gasteiger partial charge in [-0.2, -0.15) is 0 Å². The lowest BCUT2D eigenvalue weighted by Gasteiger charge is -2.38. The molecule has 3 nitrogen and oxygen atoms in total. The molecule has 1 aliphatic rings. The summed E-state index contributed by atoms with van der Waals surface area (Å²) in [7, 11) is 0. The zero-order valence-electron chi connectivity index (χ0n) is 15.2. The topological polar surface area (TPSA) is 38.3 Å². The van der Waals surface area contributed by atoms with Crippen LogP contribution < -0.4 is 10.1 Å². The maximum Gasteiger partial charge on any atom is 0.233 e. The van der Waals surface area contributed by atoms with E-state index in [-0.39, 0.29) is 22.8 Å². The van der Waals surface area contributed by atoms with Crippen LogP contribution in [0.4, 0.5) is 0 Å². The van der Waals surface area contributed by atoms with Gasteiger partial charge in [-0.25, -0.2) is 0 Å². The normalized spacial score (nSPS) is 19.4. The summed E-state index contributed by atoms with van der Waals surface area (Å²) in [6.07, 6.45) is 0.762. The van der Waals surface area contributed by atoms with Crippen LogP contribution in [0.1, 0.15) is 44.4 Å². The van der Waals surface area contributed by atoms with Crippen molar-refractivity contribution in [1.82, 2.24) is 5.32 Å². The first-order valence-electron chi connectivity index (χ1n) is 8.66. The molecular weight excluding hydrogens is 330 g/mol. The average Bonchev–Trinajstić information content (AvgIpc) is 2.56. The molecule has 0 aromatic heterocycles. The number of nitrogens with one attached hydrogen (secondary N) is 1. The van der Waals surface area contributed by atoms with E-state index in [2.05, 4.69) is 50.4 Å². The highest BCUT2D eigenvalue weighted by molar-refractivity contribution is 8.00. The van der Waals surface area contributed by atoms with Gasteiger partial charge in [-0.05, 0) is 45.9 Å². The zero-order chi connectivity index (χ0) is 18.0. The molecule has 4 heteroatoms. The van der Waals surface area contributed by atoms with Crippen LogP contribution >= 0.6 is 11.8 Å². The molecule has 0 saturated heterocycles. The van der Waals surface area contributed by atoms with Crippen LogP contribution in [0.3, 0.4) is 0 Å². The third-order valence-corrected chi connectivity index (χ3v) is 5.51. The molecule has 0 saturated carbocycles. The fraction of sp³-hybridized carbons (Fsp3) is 0.381. The average molecular weight is 356 g/mol. The Bertz CT molecular complexity index is 755. The van der Waals surface area contributed by atoms with Crippen molar-refractivity contribution in [3.05, 3.63) is 59.7 Å². The van der Waals surface area contributed by atoms with Crippen molar-refractivity contribution in [2.24, 2.45) is 0 Å². The number of thioether (sulfide) groups is 1. The second-order valence-corrected chi connectivity index (χ2v) is 8.65. The number of amides is 1. The van der Waals surface area contributed by atoms with Gasteiger partial charge in [0.15, 0.2) is 0 Å². The fourth-order valence-corrected chi connectivity index (χ4v) is 3.97. The van der Waals surface area contributed by atoms with Gasteiger partial charge in [-0.3, -0.25) is 4.79 Å². The number of carbonyl (C=O) groups excluding carboxylic acids is 1. The van der Waals surface area contributed by atoms with Crippen molar-refractivity contribution in [3.63, 3.8) is 0 Å². The Labute approximate surface area is 154 Å². The first kappa shape index (κ1) is 17.9. The summed E-state index contributed by atoms with van der Waals surface area (Å²) in [6.45, 7) is 8.14. The highest BCUT2D eigenvalue weighted by atomic mass is 32.2. The summed E-state index contributed by atoms with van der Waals surface area (Å²) in [6, 6.07) is 16.2. The number of carbonyl (C=O) groups is 1. The van der Waals surface area contributed by atoms with Crippen LogP contribution in [0.5, 0.6) is 5.75 Å². The van der Waals surface area contributed by atoms with E-state index in [0.29, 0.717) is 0 Å². The van der Waals surface area contributed by atoms with Gasteiger partial charge in [-0.15, -0.1) is 11.8 Å². The smallest absolute Gasteiger partial charge is 0.233 e. The second kappa shape index (κ2) is 7.12. The molecule has 1 aliphatic heterocycles. The van der Waals surface area contributed by atoms with Gasteiger partial charge < -0.3 is 10.1 Å². The summed E-state index contributed by atoms with van der Waals surface area (Å²) < 4.78 is 6.04. The van der Waals surface area contributed by atoms with E-state index < -0.39 is 0 Å². The predicted octanol–water partition coefficient (Wildman–Crippen LogP) is 4.89. The molecule has 1 amide bonds. The lowest BCUT2D eigenvalue weighted by molar-refractivity contribution is -0.121. The van der Waals surface area contributed by atoms with E-state index in [1.807, 2.05) is 31.2 Å². The predicted molar refractivity (Wildman–Crippen MR) is 103 cm³/mol. The molecule has 2 atom stereocenters. The number of fused-ring (bicyclic) bond motifs is 1. The Kier molecular flexibility index (Phi) is 5.09. The fourth-order valence-electron chi connectivity index (χ4n) is 3.09. The van der Waals surface area contributed by atoms with Crippen LogP contribution in [0.25, 0.3) is 0 Å². The molecule has 2 aromatic carbocycles. The minimum Gasteiger partial charge on any atom is -0.487 e. The van der Waals surface area contributed by atoms with Crippen molar-refractivity contribution < 1.29 is 9.53 Å². The molecule has 0 unspecified atom stereocenters. The summed E-state index contributed by atoms with van der Waals surface area (Å²) in [4.78, 5) is 13.8. The van der Waals surface area contributed by atoms with Crippen molar-refractivity contribution >= 4 is 17.7 Å². The number of para-hydroxylation sites is 1. The zero-order valence-corrected chi connectivity index (χ0v) is 16.0. The van der Waals surface area contributed by atoms with Crippen molar-refractivity contribution in [1.29, 1.82) is 0 Å². The molecule has 0 radical (unpaired) electrons. The summed E-state index contributed by atoms with van der Waals surface area (Å²) >= 11 is 1.59. The minimum atomic E-state index is -0.292. The van der Waals surface area contributed by atoms with E-state index >= 15 is 0 Å². The van der Waals surface area contributed by atoms with Crippen LogP contribution in [-0.2, 0) is 4.79 Å². The Morgan fingerprint density at radius 1 is 1.20 bits per heavy atom. The SMILES string of the molecule is Cc1ccc(S[C@H](C)C(=O)N[C@H]2CC(C)(C)Oc3ccccc32)cc1. The monoisotopic (exact) mass is 355 g/mol. The van der Waals surface area contributed by atoms with E-state index in [4.69, 9.17) is 4.74 Å². The third-order valence-electron chi connectivity index (χ3n) is 4.40. The van der Waals surface area contributed by atoms with E-state index in [0.717, 1.165) is 22.6 Å². The standard InChI is InChI=1S/C21H25NO2S/c1-14-9-11-16(12-10-14)25-15(2)20(23)22-18-13-21(3,4)24-19-8-6-5-7-17(18)19/h5-12,15,18H,13H2,1-4H3,(H,22,23)/t15-,18+/m1/s1. The first-order valence-corrected chi connectivity index (χ1v) is 9.54. The lowest BCUT2D eigenvalue weighted by Crippen LogP contribution is -2.43.